The first-order chi connectivity index (χ1) is 5.86. The summed E-state index contributed by atoms with van der Waals surface area (Å²) < 4.78 is 0. The number of hydrogen-bond acceptors (Lipinski definition) is 3. The third-order valence-electron chi connectivity index (χ3n) is 2.07. The summed E-state index contributed by atoms with van der Waals surface area (Å²) in [6, 6.07) is 0. The van der Waals surface area contributed by atoms with E-state index >= 15 is 0 Å². The van der Waals surface area contributed by atoms with Crippen LogP contribution in [0.1, 0.15) is 19.8 Å². The van der Waals surface area contributed by atoms with Gasteiger partial charge >= 0.3 is 0 Å². The number of nitrogens with two attached hydrogens (primary N) is 1. The first-order valence-electron chi connectivity index (χ1n) is 4.73. The highest BCUT2D eigenvalue weighted by atomic mass is 79.9. The van der Waals surface area contributed by atoms with Crippen LogP contribution in [0.2, 0.25) is 0 Å². The van der Waals surface area contributed by atoms with Crippen molar-refractivity contribution in [2.75, 3.05) is 26.3 Å². The molecular formula is C9H20BrN3. The van der Waals surface area contributed by atoms with Gasteiger partial charge in [-0.3, -0.25) is 0 Å². The molecule has 1 heterocycles. The van der Waals surface area contributed by atoms with E-state index in [4.69, 9.17) is 5.73 Å². The normalized spacial score (nSPS) is 14.9. The summed E-state index contributed by atoms with van der Waals surface area (Å²) in [6.07, 6.45) is 6.83. The van der Waals surface area contributed by atoms with Crippen LogP contribution < -0.4 is 5.73 Å². The molecule has 3 nitrogen and oxygen atoms in total. The predicted octanol–water partition coefficient (Wildman–Crippen LogP) is 1.37. The van der Waals surface area contributed by atoms with Crippen LogP contribution in [0, 0.1) is 0 Å². The molecule has 0 aliphatic carbocycles. The summed E-state index contributed by atoms with van der Waals surface area (Å²) in [5.74, 6) is 0. The van der Waals surface area contributed by atoms with E-state index in [1.54, 1.807) is 0 Å². The van der Waals surface area contributed by atoms with Crippen LogP contribution in [-0.2, 0) is 0 Å². The van der Waals surface area contributed by atoms with Crippen molar-refractivity contribution in [3.8, 4) is 0 Å². The van der Waals surface area contributed by atoms with Crippen molar-refractivity contribution in [3.05, 3.63) is 12.4 Å². The molecule has 0 spiro atoms. The van der Waals surface area contributed by atoms with Crippen molar-refractivity contribution in [1.29, 1.82) is 0 Å². The molecule has 0 unspecified atom stereocenters. The molecule has 2 N–H and O–H groups in total. The smallest absolute Gasteiger partial charge is 0.0894 e. The largest absolute Gasteiger partial charge is 0.359 e. The van der Waals surface area contributed by atoms with Gasteiger partial charge in [0.1, 0.15) is 0 Å². The van der Waals surface area contributed by atoms with Gasteiger partial charge in [0.05, 0.1) is 6.67 Å². The van der Waals surface area contributed by atoms with Gasteiger partial charge in [0.25, 0.3) is 0 Å². The minimum atomic E-state index is 0. The first-order valence-corrected chi connectivity index (χ1v) is 4.73. The number of rotatable bonds is 5. The van der Waals surface area contributed by atoms with Crippen LogP contribution in [-0.4, -0.2) is 36.1 Å². The van der Waals surface area contributed by atoms with E-state index in [1.165, 1.54) is 19.4 Å². The molecule has 0 radical (unpaired) electrons. The van der Waals surface area contributed by atoms with Gasteiger partial charge in [-0.05, 0) is 6.42 Å². The molecule has 0 saturated carbocycles. The number of nitrogens with zero attached hydrogens (tertiary/aromatic N) is 2. The molecular weight excluding hydrogens is 230 g/mol. The molecule has 1 aliphatic heterocycles. The average molecular weight is 250 g/mol. The first kappa shape index (κ1) is 12.8. The fourth-order valence-electron chi connectivity index (χ4n) is 1.33. The van der Waals surface area contributed by atoms with Gasteiger partial charge in [-0.25, -0.2) is 0 Å². The van der Waals surface area contributed by atoms with Crippen LogP contribution >= 0.6 is 17.0 Å². The van der Waals surface area contributed by atoms with Gasteiger partial charge in [0, 0.05) is 32.0 Å². The zero-order chi connectivity index (χ0) is 8.81. The van der Waals surface area contributed by atoms with E-state index < -0.39 is 0 Å². The molecule has 0 amide bonds. The highest BCUT2D eigenvalue weighted by Gasteiger charge is 2.09. The lowest BCUT2D eigenvalue weighted by Gasteiger charge is -2.20. The lowest BCUT2D eigenvalue weighted by atomic mass is 10.3. The third-order valence-corrected chi connectivity index (χ3v) is 2.07. The zero-order valence-electron chi connectivity index (χ0n) is 8.28. The van der Waals surface area contributed by atoms with Gasteiger partial charge < -0.3 is 15.5 Å². The molecule has 13 heavy (non-hydrogen) atoms. The van der Waals surface area contributed by atoms with Crippen LogP contribution in [0.25, 0.3) is 0 Å². The summed E-state index contributed by atoms with van der Waals surface area (Å²) in [4.78, 5) is 4.58. The quantitative estimate of drug-likeness (QED) is 0.799. The van der Waals surface area contributed by atoms with Crippen molar-refractivity contribution in [1.82, 2.24) is 9.80 Å². The second-order valence-electron chi connectivity index (χ2n) is 3.21. The van der Waals surface area contributed by atoms with Crippen LogP contribution in [0.3, 0.4) is 0 Å². The maximum absolute atomic E-state index is 5.46. The Kier molecular flexibility index (Phi) is 7.09. The topological polar surface area (TPSA) is 32.5 Å². The van der Waals surface area contributed by atoms with E-state index in [0.717, 1.165) is 19.8 Å². The number of unbranched alkanes of at least 4 members (excludes halogenated alkanes) is 1. The molecule has 0 aromatic heterocycles. The highest BCUT2D eigenvalue weighted by Crippen LogP contribution is 2.06. The average Bonchev–Trinajstić information content (AvgIpc) is 2.50. The van der Waals surface area contributed by atoms with Gasteiger partial charge in [-0.15, -0.1) is 17.0 Å². The van der Waals surface area contributed by atoms with Crippen molar-refractivity contribution in [2.24, 2.45) is 5.73 Å². The number of hydrogen-bond donors (Lipinski definition) is 1. The summed E-state index contributed by atoms with van der Waals surface area (Å²) in [7, 11) is 0. The fourth-order valence-corrected chi connectivity index (χ4v) is 1.33. The van der Waals surface area contributed by atoms with Gasteiger partial charge in [0.15, 0.2) is 0 Å². The molecule has 0 bridgehead atoms. The van der Waals surface area contributed by atoms with Crippen LogP contribution in [0.5, 0.6) is 0 Å². The summed E-state index contributed by atoms with van der Waals surface area (Å²) in [5, 5.41) is 0. The van der Waals surface area contributed by atoms with Crippen LogP contribution in [0.15, 0.2) is 12.4 Å². The van der Waals surface area contributed by atoms with E-state index in [2.05, 4.69) is 29.1 Å². The molecule has 0 saturated heterocycles. The SMILES string of the molecule is Br.CCCCN1C=CN(CCN)C1. The van der Waals surface area contributed by atoms with E-state index in [-0.39, 0.29) is 17.0 Å². The lowest BCUT2D eigenvalue weighted by Crippen LogP contribution is -2.29. The molecule has 0 aromatic rings. The predicted molar refractivity (Wildman–Crippen MR) is 61.7 cm³/mol. The maximum atomic E-state index is 5.46. The van der Waals surface area contributed by atoms with Gasteiger partial charge in [-0.2, -0.15) is 0 Å². The Balaban J connectivity index is 0.00000144. The Morgan fingerprint density at radius 3 is 2.38 bits per heavy atom. The molecule has 0 fully saturated rings. The Hall–Kier alpha value is -0.220. The van der Waals surface area contributed by atoms with Crippen molar-refractivity contribution < 1.29 is 0 Å². The standard InChI is InChI=1S/C9H19N3.BrH/c1-2-3-5-11-7-8-12(9-11)6-4-10;/h7-8H,2-6,9-10H2,1H3;1H. The van der Waals surface area contributed by atoms with Crippen molar-refractivity contribution in [3.63, 3.8) is 0 Å². The molecule has 78 valence electrons. The second kappa shape index (κ2) is 7.21. The molecule has 1 rings (SSSR count). The van der Waals surface area contributed by atoms with Crippen LogP contribution in [0.4, 0.5) is 0 Å². The third kappa shape index (κ3) is 4.52. The Morgan fingerprint density at radius 1 is 1.23 bits per heavy atom. The summed E-state index contributed by atoms with van der Waals surface area (Å²) >= 11 is 0. The molecule has 4 heteroatoms. The van der Waals surface area contributed by atoms with Crippen molar-refractivity contribution in [2.45, 2.75) is 19.8 Å². The Labute approximate surface area is 91.3 Å². The highest BCUT2D eigenvalue weighted by molar-refractivity contribution is 8.93. The monoisotopic (exact) mass is 249 g/mol. The van der Waals surface area contributed by atoms with E-state index in [9.17, 15) is 0 Å². The molecule has 1 aliphatic rings. The van der Waals surface area contributed by atoms with Gasteiger partial charge in [-0.1, -0.05) is 13.3 Å². The van der Waals surface area contributed by atoms with Crippen molar-refractivity contribution >= 4 is 17.0 Å². The number of halogens is 1. The van der Waals surface area contributed by atoms with E-state index in [0.29, 0.717) is 0 Å². The van der Waals surface area contributed by atoms with E-state index in [1.807, 2.05) is 0 Å². The fraction of sp³-hybridized carbons (Fsp3) is 0.778. The Bertz CT molecular complexity index is 150. The second-order valence-corrected chi connectivity index (χ2v) is 3.21. The Morgan fingerprint density at radius 2 is 1.85 bits per heavy atom. The van der Waals surface area contributed by atoms with Gasteiger partial charge in [0.2, 0.25) is 0 Å². The lowest BCUT2D eigenvalue weighted by molar-refractivity contribution is 0.267. The summed E-state index contributed by atoms with van der Waals surface area (Å²) in [6.45, 7) is 6.13. The molecule has 0 aromatic carbocycles. The molecule has 0 atom stereocenters. The summed E-state index contributed by atoms with van der Waals surface area (Å²) in [5.41, 5.74) is 5.46. The minimum Gasteiger partial charge on any atom is -0.359 e. The zero-order valence-corrected chi connectivity index (χ0v) is 9.99. The maximum Gasteiger partial charge on any atom is 0.0894 e. The minimum absolute atomic E-state index is 0.